The van der Waals surface area contributed by atoms with Crippen molar-refractivity contribution >= 4 is 5.91 Å². The van der Waals surface area contributed by atoms with Crippen molar-refractivity contribution in [1.82, 2.24) is 5.32 Å². The predicted molar refractivity (Wildman–Crippen MR) is 77.7 cm³/mol. The number of amides is 1. The van der Waals surface area contributed by atoms with Crippen LogP contribution in [0.5, 0.6) is 0 Å². The summed E-state index contributed by atoms with van der Waals surface area (Å²) in [4.78, 5) is 12.3. The fourth-order valence-electron chi connectivity index (χ4n) is 2.80. The van der Waals surface area contributed by atoms with Crippen LogP contribution in [0.25, 0.3) is 0 Å². The first-order chi connectivity index (χ1) is 9.63. The standard InChI is InChI=1S/C16H23NO3/c1-11-7-3-4-8-12(11)16(19)17-13-9-5-6-10-14(20-2)15(13)18/h3-4,7-8,13-15,18H,5-6,9-10H2,1-2H3,(H,17,19)/t13-,14-,15-/m1/s1. The minimum Gasteiger partial charge on any atom is -0.388 e. The van der Waals surface area contributed by atoms with Crippen LogP contribution in [0.3, 0.4) is 0 Å². The van der Waals surface area contributed by atoms with Crippen molar-refractivity contribution in [2.24, 2.45) is 0 Å². The van der Waals surface area contributed by atoms with Crippen LogP contribution in [-0.4, -0.2) is 36.4 Å². The largest absolute Gasteiger partial charge is 0.388 e. The minimum atomic E-state index is -0.643. The number of benzene rings is 1. The summed E-state index contributed by atoms with van der Waals surface area (Å²) in [7, 11) is 1.61. The minimum absolute atomic E-state index is 0.121. The molecule has 0 aromatic heterocycles. The summed E-state index contributed by atoms with van der Waals surface area (Å²) >= 11 is 0. The number of carbonyl (C=O) groups excluding carboxylic acids is 1. The summed E-state index contributed by atoms with van der Waals surface area (Å²) in [5.74, 6) is -0.121. The highest BCUT2D eigenvalue weighted by Crippen LogP contribution is 2.21. The molecule has 4 nitrogen and oxygen atoms in total. The predicted octanol–water partition coefficient (Wildman–Crippen LogP) is 2.04. The molecule has 1 aliphatic carbocycles. The van der Waals surface area contributed by atoms with Gasteiger partial charge in [-0.25, -0.2) is 0 Å². The molecule has 0 radical (unpaired) electrons. The van der Waals surface area contributed by atoms with Crippen LogP contribution in [0.2, 0.25) is 0 Å². The van der Waals surface area contributed by atoms with Gasteiger partial charge in [-0.2, -0.15) is 0 Å². The van der Waals surface area contributed by atoms with Crippen LogP contribution in [0.15, 0.2) is 24.3 Å². The average molecular weight is 277 g/mol. The molecular weight excluding hydrogens is 254 g/mol. The van der Waals surface area contributed by atoms with Crippen LogP contribution >= 0.6 is 0 Å². The summed E-state index contributed by atoms with van der Waals surface area (Å²) in [6.45, 7) is 1.91. The number of aliphatic hydroxyl groups excluding tert-OH is 1. The van der Waals surface area contributed by atoms with Gasteiger partial charge < -0.3 is 15.2 Å². The zero-order valence-electron chi connectivity index (χ0n) is 12.1. The molecule has 0 spiro atoms. The lowest BCUT2D eigenvalue weighted by molar-refractivity contribution is -0.0277. The van der Waals surface area contributed by atoms with Crippen molar-refractivity contribution in [2.75, 3.05) is 7.11 Å². The molecule has 0 aliphatic heterocycles. The van der Waals surface area contributed by atoms with Gasteiger partial charge in [0.15, 0.2) is 0 Å². The molecule has 0 bridgehead atoms. The summed E-state index contributed by atoms with van der Waals surface area (Å²) in [6.07, 6.45) is 2.81. The molecule has 3 atom stereocenters. The number of aliphatic hydroxyl groups is 1. The number of aryl methyl sites for hydroxylation is 1. The zero-order chi connectivity index (χ0) is 14.5. The molecule has 1 amide bonds. The molecule has 4 heteroatoms. The van der Waals surface area contributed by atoms with E-state index in [2.05, 4.69) is 5.32 Å². The third kappa shape index (κ3) is 3.38. The summed E-state index contributed by atoms with van der Waals surface area (Å²) < 4.78 is 5.32. The molecule has 1 aliphatic rings. The fraction of sp³-hybridized carbons (Fsp3) is 0.562. The molecule has 0 unspecified atom stereocenters. The van der Waals surface area contributed by atoms with E-state index < -0.39 is 6.10 Å². The SMILES string of the molecule is CO[C@@H]1CCCC[C@@H](NC(=O)c2ccccc2C)[C@H]1O. The Hall–Kier alpha value is -1.39. The molecule has 1 saturated carbocycles. The lowest BCUT2D eigenvalue weighted by Crippen LogP contribution is -2.48. The van der Waals surface area contributed by atoms with Crippen LogP contribution in [0, 0.1) is 6.92 Å². The maximum Gasteiger partial charge on any atom is 0.251 e. The van der Waals surface area contributed by atoms with Gasteiger partial charge in [0, 0.05) is 12.7 Å². The molecule has 20 heavy (non-hydrogen) atoms. The van der Waals surface area contributed by atoms with E-state index in [1.54, 1.807) is 7.11 Å². The van der Waals surface area contributed by atoms with Gasteiger partial charge in [0.05, 0.1) is 12.1 Å². The van der Waals surface area contributed by atoms with Crippen LogP contribution in [0.1, 0.15) is 41.6 Å². The van der Waals surface area contributed by atoms with Crippen molar-refractivity contribution in [3.63, 3.8) is 0 Å². The maximum atomic E-state index is 12.3. The van der Waals surface area contributed by atoms with Gasteiger partial charge in [0.2, 0.25) is 0 Å². The Morgan fingerprint density at radius 1 is 1.30 bits per heavy atom. The average Bonchev–Trinajstić information content (AvgIpc) is 2.62. The lowest BCUT2D eigenvalue weighted by Gasteiger charge is -2.27. The quantitative estimate of drug-likeness (QED) is 0.831. The number of nitrogens with one attached hydrogen (secondary N) is 1. The zero-order valence-corrected chi connectivity index (χ0v) is 12.1. The molecule has 2 N–H and O–H groups in total. The Balaban J connectivity index is 2.08. The first kappa shape index (κ1) is 15.0. The molecule has 1 aromatic carbocycles. The third-order valence-corrected chi connectivity index (χ3v) is 4.06. The molecule has 110 valence electrons. The van der Waals surface area contributed by atoms with Gasteiger partial charge in [0.25, 0.3) is 5.91 Å². The van der Waals surface area contributed by atoms with Crippen LogP contribution < -0.4 is 5.32 Å². The number of ether oxygens (including phenoxy) is 1. The topological polar surface area (TPSA) is 58.6 Å². The molecular formula is C16H23NO3. The van der Waals surface area contributed by atoms with Crippen molar-refractivity contribution in [3.05, 3.63) is 35.4 Å². The van der Waals surface area contributed by atoms with E-state index in [1.807, 2.05) is 31.2 Å². The van der Waals surface area contributed by atoms with E-state index in [-0.39, 0.29) is 18.1 Å². The van der Waals surface area contributed by atoms with E-state index in [9.17, 15) is 9.90 Å². The summed E-state index contributed by atoms with van der Waals surface area (Å²) in [5, 5.41) is 13.3. The number of carbonyl (C=O) groups is 1. The van der Waals surface area contributed by atoms with E-state index in [0.29, 0.717) is 5.56 Å². The van der Waals surface area contributed by atoms with Crippen molar-refractivity contribution in [1.29, 1.82) is 0 Å². The summed E-state index contributed by atoms with van der Waals surface area (Å²) in [6, 6.07) is 7.24. The van der Waals surface area contributed by atoms with Crippen molar-refractivity contribution < 1.29 is 14.6 Å². The number of hydrogen-bond donors (Lipinski definition) is 2. The number of methoxy groups -OCH3 is 1. The lowest BCUT2D eigenvalue weighted by atomic mass is 10.0. The Morgan fingerprint density at radius 3 is 2.70 bits per heavy atom. The van der Waals surface area contributed by atoms with Gasteiger partial charge in [0.1, 0.15) is 6.10 Å². The van der Waals surface area contributed by atoms with Gasteiger partial charge in [-0.15, -0.1) is 0 Å². The Morgan fingerprint density at radius 2 is 2.00 bits per heavy atom. The monoisotopic (exact) mass is 277 g/mol. The maximum absolute atomic E-state index is 12.3. The second kappa shape index (κ2) is 6.86. The second-order valence-electron chi connectivity index (χ2n) is 5.44. The van der Waals surface area contributed by atoms with E-state index in [4.69, 9.17) is 4.74 Å². The van der Waals surface area contributed by atoms with E-state index in [1.165, 1.54) is 0 Å². The Labute approximate surface area is 120 Å². The van der Waals surface area contributed by atoms with Gasteiger partial charge >= 0.3 is 0 Å². The molecule has 1 fully saturated rings. The van der Waals surface area contributed by atoms with Crippen molar-refractivity contribution in [3.8, 4) is 0 Å². The fourth-order valence-corrected chi connectivity index (χ4v) is 2.80. The molecule has 2 rings (SSSR count). The van der Waals surface area contributed by atoms with Crippen LogP contribution in [0.4, 0.5) is 0 Å². The smallest absolute Gasteiger partial charge is 0.251 e. The Bertz CT molecular complexity index is 461. The summed E-state index contributed by atoms with van der Waals surface area (Å²) in [5.41, 5.74) is 1.61. The molecule has 1 aromatic rings. The second-order valence-corrected chi connectivity index (χ2v) is 5.44. The van der Waals surface area contributed by atoms with E-state index in [0.717, 1.165) is 31.2 Å². The van der Waals surface area contributed by atoms with E-state index >= 15 is 0 Å². The number of rotatable bonds is 3. The third-order valence-electron chi connectivity index (χ3n) is 4.06. The van der Waals surface area contributed by atoms with Crippen molar-refractivity contribution in [2.45, 2.75) is 50.9 Å². The number of hydrogen-bond acceptors (Lipinski definition) is 3. The molecule has 0 saturated heterocycles. The highest BCUT2D eigenvalue weighted by Gasteiger charge is 2.31. The van der Waals surface area contributed by atoms with Gasteiger partial charge in [-0.3, -0.25) is 4.79 Å². The normalized spacial score (nSPS) is 26.9. The van der Waals surface area contributed by atoms with Gasteiger partial charge in [-0.1, -0.05) is 31.0 Å². The van der Waals surface area contributed by atoms with Crippen LogP contribution in [-0.2, 0) is 4.74 Å². The highest BCUT2D eigenvalue weighted by atomic mass is 16.5. The highest BCUT2D eigenvalue weighted by molar-refractivity contribution is 5.95. The van der Waals surface area contributed by atoms with Gasteiger partial charge in [-0.05, 0) is 31.4 Å². The molecule has 0 heterocycles. The first-order valence-corrected chi connectivity index (χ1v) is 7.21. The Kier molecular flexibility index (Phi) is 5.15. The first-order valence-electron chi connectivity index (χ1n) is 7.21.